The van der Waals surface area contributed by atoms with Crippen LogP contribution in [0.15, 0.2) is 12.4 Å². The number of hydrogen-bond acceptors (Lipinski definition) is 3. The first-order valence-electron chi connectivity index (χ1n) is 3.95. The van der Waals surface area contributed by atoms with E-state index in [1.165, 1.54) is 20.3 Å². The second-order valence-corrected chi connectivity index (χ2v) is 4.86. The van der Waals surface area contributed by atoms with Crippen LogP contribution >= 0.6 is 0 Å². The van der Waals surface area contributed by atoms with Crippen LogP contribution in [-0.2, 0) is 16.6 Å². The van der Waals surface area contributed by atoms with Gasteiger partial charge in [-0.25, -0.2) is 0 Å². The lowest BCUT2D eigenvalue weighted by Gasteiger charge is -2.09. The van der Waals surface area contributed by atoms with Crippen molar-refractivity contribution in [3.05, 3.63) is 18.0 Å². The van der Waals surface area contributed by atoms with Gasteiger partial charge >= 0.3 is 10.2 Å². The Balaban J connectivity index is 3.09. The monoisotopic (exact) mass is 203 g/mol. The van der Waals surface area contributed by atoms with E-state index < -0.39 is 10.2 Å². The summed E-state index contributed by atoms with van der Waals surface area (Å²) in [6.07, 6.45) is 3.86. The van der Waals surface area contributed by atoms with Crippen LogP contribution in [0.3, 0.4) is 0 Å². The van der Waals surface area contributed by atoms with Crippen LogP contribution in [0, 0.1) is 0 Å². The van der Waals surface area contributed by atoms with Gasteiger partial charge in [-0.05, 0) is 12.0 Å². The third-order valence-corrected chi connectivity index (χ3v) is 3.32. The van der Waals surface area contributed by atoms with Crippen molar-refractivity contribution in [2.24, 2.45) is 0 Å². The van der Waals surface area contributed by atoms with Crippen LogP contribution in [0.25, 0.3) is 0 Å². The molecule has 0 aliphatic carbocycles. The number of aryl methyl sites for hydroxylation is 1. The zero-order chi connectivity index (χ0) is 10.1. The molecule has 1 aromatic rings. The van der Waals surface area contributed by atoms with Crippen LogP contribution in [0.2, 0.25) is 0 Å². The van der Waals surface area contributed by atoms with Crippen LogP contribution in [0.5, 0.6) is 0 Å². The van der Waals surface area contributed by atoms with Crippen molar-refractivity contribution in [3.63, 3.8) is 0 Å². The molecule has 1 aromatic heterocycles. The third-order valence-electron chi connectivity index (χ3n) is 1.72. The topological polar surface area (TPSA) is 55.2 Å². The fraction of sp³-hybridized carbons (Fsp3) is 0.571. The SMILES string of the molecule is CCc1cnn(S(=O)(=O)N(C)C)c1. The average molecular weight is 203 g/mol. The molecule has 0 spiro atoms. The summed E-state index contributed by atoms with van der Waals surface area (Å²) in [5.41, 5.74) is 0.908. The zero-order valence-electron chi connectivity index (χ0n) is 7.93. The van der Waals surface area contributed by atoms with E-state index in [-0.39, 0.29) is 0 Å². The molecule has 6 heteroatoms. The first-order chi connectivity index (χ1) is 5.98. The van der Waals surface area contributed by atoms with Gasteiger partial charge < -0.3 is 0 Å². The van der Waals surface area contributed by atoms with Crippen molar-refractivity contribution in [3.8, 4) is 0 Å². The van der Waals surface area contributed by atoms with E-state index in [0.717, 1.165) is 20.4 Å². The predicted molar refractivity (Wildman–Crippen MR) is 49.6 cm³/mol. The first-order valence-corrected chi connectivity index (χ1v) is 5.34. The van der Waals surface area contributed by atoms with Crippen molar-refractivity contribution in [1.29, 1.82) is 0 Å². The van der Waals surface area contributed by atoms with Crippen molar-refractivity contribution < 1.29 is 8.42 Å². The Kier molecular flexibility index (Phi) is 2.72. The summed E-state index contributed by atoms with van der Waals surface area (Å²) in [7, 11) is -0.478. The van der Waals surface area contributed by atoms with E-state index in [0.29, 0.717) is 0 Å². The van der Waals surface area contributed by atoms with Crippen LogP contribution in [0.1, 0.15) is 12.5 Å². The van der Waals surface area contributed by atoms with E-state index in [4.69, 9.17) is 0 Å². The Morgan fingerprint density at radius 2 is 2.15 bits per heavy atom. The highest BCUT2D eigenvalue weighted by Crippen LogP contribution is 2.03. The summed E-state index contributed by atoms with van der Waals surface area (Å²) in [5, 5.41) is 3.77. The zero-order valence-corrected chi connectivity index (χ0v) is 8.74. The van der Waals surface area contributed by atoms with Gasteiger partial charge in [-0.3, -0.25) is 0 Å². The van der Waals surface area contributed by atoms with Crippen LogP contribution in [0.4, 0.5) is 0 Å². The minimum Gasteiger partial charge on any atom is -0.189 e. The Morgan fingerprint density at radius 3 is 2.54 bits per heavy atom. The molecule has 0 aliphatic rings. The van der Waals surface area contributed by atoms with Gasteiger partial charge in [0.25, 0.3) is 0 Å². The van der Waals surface area contributed by atoms with Gasteiger partial charge in [-0.15, -0.1) is 0 Å². The highest BCUT2D eigenvalue weighted by Gasteiger charge is 2.16. The van der Waals surface area contributed by atoms with Crippen molar-refractivity contribution in [2.45, 2.75) is 13.3 Å². The summed E-state index contributed by atoms with van der Waals surface area (Å²) in [6.45, 7) is 1.95. The van der Waals surface area contributed by atoms with Gasteiger partial charge in [-0.1, -0.05) is 6.92 Å². The lowest BCUT2D eigenvalue weighted by atomic mass is 10.3. The molecule has 0 aliphatic heterocycles. The second kappa shape index (κ2) is 3.47. The largest absolute Gasteiger partial charge is 0.322 e. The Bertz CT molecular complexity index is 380. The standard InChI is InChI=1S/C7H13N3O2S/c1-4-7-5-8-10(6-7)13(11,12)9(2)3/h5-6H,4H2,1-3H3. The Morgan fingerprint density at radius 1 is 1.54 bits per heavy atom. The van der Waals surface area contributed by atoms with Gasteiger partial charge in [0.05, 0.1) is 6.20 Å². The predicted octanol–water partition coefficient (Wildman–Crippen LogP) is 0.1000. The van der Waals surface area contributed by atoms with E-state index in [9.17, 15) is 8.42 Å². The average Bonchev–Trinajstić information content (AvgIpc) is 2.51. The van der Waals surface area contributed by atoms with Gasteiger partial charge in [-0.2, -0.15) is 21.9 Å². The van der Waals surface area contributed by atoms with Gasteiger partial charge in [0.15, 0.2) is 0 Å². The maximum atomic E-state index is 11.5. The lowest BCUT2D eigenvalue weighted by molar-refractivity contribution is 0.504. The number of nitrogens with zero attached hydrogens (tertiary/aromatic N) is 3. The maximum Gasteiger partial charge on any atom is 0.322 e. The molecule has 0 amide bonds. The number of hydrogen-bond donors (Lipinski definition) is 0. The molecule has 0 aromatic carbocycles. The molecule has 0 fully saturated rings. The number of aromatic nitrogens is 2. The van der Waals surface area contributed by atoms with Gasteiger partial charge in [0.2, 0.25) is 0 Å². The van der Waals surface area contributed by atoms with Crippen molar-refractivity contribution in [1.82, 2.24) is 13.5 Å². The van der Waals surface area contributed by atoms with Crippen LogP contribution in [-0.4, -0.2) is 36.0 Å². The molecule has 0 unspecified atom stereocenters. The molecule has 0 atom stereocenters. The van der Waals surface area contributed by atoms with E-state index in [1.54, 1.807) is 6.20 Å². The quantitative estimate of drug-likeness (QED) is 0.700. The van der Waals surface area contributed by atoms with E-state index in [1.807, 2.05) is 6.92 Å². The minimum atomic E-state index is -3.43. The number of rotatable bonds is 3. The summed E-state index contributed by atoms with van der Waals surface area (Å²) < 4.78 is 25.1. The van der Waals surface area contributed by atoms with E-state index in [2.05, 4.69) is 5.10 Å². The summed E-state index contributed by atoms with van der Waals surface area (Å²) in [4.78, 5) is 0. The highest BCUT2D eigenvalue weighted by atomic mass is 32.2. The lowest BCUT2D eigenvalue weighted by Crippen LogP contribution is -2.29. The summed E-state index contributed by atoms with van der Waals surface area (Å²) >= 11 is 0. The molecular weight excluding hydrogens is 190 g/mol. The summed E-state index contributed by atoms with van der Waals surface area (Å²) in [5.74, 6) is 0. The van der Waals surface area contributed by atoms with Gasteiger partial charge in [0, 0.05) is 20.3 Å². The molecule has 0 saturated carbocycles. The molecular formula is C7H13N3O2S. The highest BCUT2D eigenvalue weighted by molar-refractivity contribution is 7.87. The van der Waals surface area contributed by atoms with Crippen molar-refractivity contribution in [2.75, 3.05) is 14.1 Å². The fourth-order valence-corrected chi connectivity index (χ4v) is 1.59. The fourth-order valence-electron chi connectivity index (χ4n) is 0.816. The van der Waals surface area contributed by atoms with Gasteiger partial charge in [0.1, 0.15) is 0 Å². The first kappa shape index (κ1) is 10.2. The molecule has 0 radical (unpaired) electrons. The molecule has 0 N–H and O–H groups in total. The van der Waals surface area contributed by atoms with Crippen molar-refractivity contribution >= 4 is 10.2 Å². The molecule has 5 nitrogen and oxygen atoms in total. The Hall–Kier alpha value is -0.880. The summed E-state index contributed by atoms with van der Waals surface area (Å²) in [6, 6.07) is 0. The second-order valence-electron chi connectivity index (χ2n) is 2.86. The minimum absolute atomic E-state index is 0.781. The molecule has 0 saturated heterocycles. The smallest absolute Gasteiger partial charge is 0.189 e. The molecule has 0 bridgehead atoms. The van der Waals surface area contributed by atoms with Crippen LogP contribution < -0.4 is 0 Å². The molecule has 13 heavy (non-hydrogen) atoms. The Labute approximate surface area is 78.2 Å². The molecule has 1 heterocycles. The van der Waals surface area contributed by atoms with E-state index >= 15 is 0 Å². The maximum absolute atomic E-state index is 11.5. The third kappa shape index (κ3) is 1.89. The molecule has 1 rings (SSSR count). The normalized spacial score (nSPS) is 12.3. The molecule has 74 valence electrons.